The summed E-state index contributed by atoms with van der Waals surface area (Å²) in [7, 11) is -1.12. The number of aromatic nitrogens is 1. The molecule has 1 aromatic heterocycles. The molecule has 2 aromatic carbocycles. The molecule has 3 heterocycles. The van der Waals surface area contributed by atoms with Crippen LogP contribution in [0.4, 0.5) is 0 Å². The molecule has 2 fully saturated rings. The van der Waals surface area contributed by atoms with Gasteiger partial charge in [0.15, 0.2) is 9.84 Å². The topological polar surface area (TPSA) is 121 Å². The molecule has 47 heavy (non-hydrogen) atoms. The molecule has 1 atom stereocenters. The Hall–Kier alpha value is -2.97. The predicted molar refractivity (Wildman–Crippen MR) is 185 cm³/mol. The van der Waals surface area contributed by atoms with E-state index >= 15 is 0 Å². The average molecular weight is 686 g/mol. The van der Waals surface area contributed by atoms with E-state index in [1.807, 2.05) is 24.3 Å². The summed E-state index contributed by atoms with van der Waals surface area (Å²) in [6, 6.07) is 11.3. The number of fused-ring (bicyclic) bond motifs is 5. The average Bonchev–Trinajstić information content (AvgIpc) is 3.26. The van der Waals surface area contributed by atoms with Gasteiger partial charge in [-0.25, -0.2) is 13.1 Å². The molecule has 0 spiro atoms. The van der Waals surface area contributed by atoms with Crippen LogP contribution in [0.15, 0.2) is 36.4 Å². The van der Waals surface area contributed by atoms with Crippen LogP contribution in [-0.2, 0) is 33.0 Å². The first kappa shape index (κ1) is 33.9. The number of hydrogen-bond donors (Lipinski definition) is 1. The fourth-order valence-corrected chi connectivity index (χ4v) is 9.61. The van der Waals surface area contributed by atoms with Crippen LogP contribution in [0.1, 0.15) is 59.5 Å². The van der Waals surface area contributed by atoms with Gasteiger partial charge < -0.3 is 14.2 Å². The summed E-state index contributed by atoms with van der Waals surface area (Å²) in [5, 5.41) is 0.291. The number of hydrogen-bond acceptors (Lipinski definition) is 8. The number of amides is 1. The lowest BCUT2D eigenvalue weighted by atomic mass is 9.81. The van der Waals surface area contributed by atoms with Crippen molar-refractivity contribution in [3.05, 3.63) is 53.1 Å². The molecular weight excluding hydrogens is 639 g/mol. The second kappa shape index (κ2) is 13.5. The number of sulfone groups is 1. The first-order valence-electron chi connectivity index (χ1n) is 16.6. The zero-order chi connectivity index (χ0) is 33.5. The van der Waals surface area contributed by atoms with Crippen LogP contribution >= 0.6 is 0 Å². The monoisotopic (exact) mass is 685 g/mol. The minimum atomic E-state index is -4.00. The summed E-state index contributed by atoms with van der Waals surface area (Å²) in [6.07, 6.45) is 5.86. The molecule has 1 saturated heterocycles. The lowest BCUT2D eigenvalue weighted by molar-refractivity contribution is 0.0979. The minimum Gasteiger partial charge on any atom is -0.497 e. The Labute approximate surface area is 278 Å². The van der Waals surface area contributed by atoms with Crippen molar-refractivity contribution in [2.45, 2.75) is 56.2 Å². The Balaban J connectivity index is 1.48. The van der Waals surface area contributed by atoms with Gasteiger partial charge in [0.25, 0.3) is 5.91 Å². The van der Waals surface area contributed by atoms with Crippen LogP contribution in [0, 0.1) is 0 Å². The van der Waals surface area contributed by atoms with E-state index in [0.29, 0.717) is 18.7 Å². The molecule has 1 unspecified atom stereocenters. The number of ether oxygens (including phenoxy) is 1. The van der Waals surface area contributed by atoms with Crippen molar-refractivity contribution in [3.63, 3.8) is 0 Å². The molecule has 1 amide bonds. The Bertz CT molecular complexity index is 1860. The number of nitrogens with one attached hydrogen (secondary N) is 1. The number of carbonyl (C=O) groups excluding carboxylic acids is 1. The van der Waals surface area contributed by atoms with Gasteiger partial charge in [-0.05, 0) is 73.7 Å². The van der Waals surface area contributed by atoms with Gasteiger partial charge in [0, 0.05) is 75.4 Å². The summed E-state index contributed by atoms with van der Waals surface area (Å²) >= 11 is 0. The van der Waals surface area contributed by atoms with E-state index in [1.165, 1.54) is 26.1 Å². The van der Waals surface area contributed by atoms with E-state index in [1.54, 1.807) is 19.2 Å². The third-order valence-corrected chi connectivity index (χ3v) is 13.8. The molecule has 3 aliphatic rings. The summed E-state index contributed by atoms with van der Waals surface area (Å²) in [5.74, 6) is 0.310. The molecule has 13 heteroatoms. The Morgan fingerprint density at radius 1 is 0.979 bits per heavy atom. The molecule has 6 rings (SSSR count). The van der Waals surface area contributed by atoms with Gasteiger partial charge in [-0.1, -0.05) is 25.3 Å². The van der Waals surface area contributed by atoms with Crippen molar-refractivity contribution in [2.75, 3.05) is 66.7 Å². The lowest BCUT2D eigenvalue weighted by Crippen LogP contribution is -2.46. The van der Waals surface area contributed by atoms with Crippen LogP contribution in [-0.4, -0.2) is 113 Å². The Morgan fingerprint density at radius 2 is 1.70 bits per heavy atom. The third-order valence-electron chi connectivity index (χ3n) is 10.3. The number of likely N-dealkylation sites (N-methyl/N-ethyl adjacent to an activating group) is 1. The van der Waals surface area contributed by atoms with Crippen molar-refractivity contribution < 1.29 is 26.4 Å². The molecular formula is C34H47N5O6S2. The standard InChI is InChI=1S/C34H47N5O6S2/c1-36(2)47(43,44)35-34(40)25-10-12-30-31(22-25)39-23-28(46(41,42)19-18-38-16-14-37(3)15-17-38)21-26-20-27(45-4)11-13-29(26)33(39)32(30)24-8-6-5-7-9-24/h10-13,20,22,24,28H,5-9,14-19,21,23H2,1-4H3,(H,35,40). The summed E-state index contributed by atoms with van der Waals surface area (Å²) in [6.45, 7) is 4.28. The number of rotatable bonds is 9. The molecule has 0 radical (unpaired) electrons. The number of benzene rings is 2. The lowest BCUT2D eigenvalue weighted by Gasteiger charge is -2.32. The summed E-state index contributed by atoms with van der Waals surface area (Å²) in [4.78, 5) is 17.7. The number of carbonyl (C=O) groups is 1. The van der Waals surface area contributed by atoms with Crippen LogP contribution in [0.3, 0.4) is 0 Å². The quantitative estimate of drug-likeness (QED) is 0.364. The van der Waals surface area contributed by atoms with Gasteiger partial charge in [0.1, 0.15) is 5.75 Å². The van der Waals surface area contributed by atoms with E-state index in [4.69, 9.17) is 4.74 Å². The van der Waals surface area contributed by atoms with E-state index in [-0.39, 0.29) is 23.8 Å². The Kier molecular flexibility index (Phi) is 9.74. The first-order valence-corrected chi connectivity index (χ1v) is 19.7. The van der Waals surface area contributed by atoms with Gasteiger partial charge in [0.05, 0.1) is 23.8 Å². The van der Waals surface area contributed by atoms with Gasteiger partial charge in [-0.15, -0.1) is 0 Å². The van der Waals surface area contributed by atoms with E-state index < -0.39 is 31.2 Å². The van der Waals surface area contributed by atoms with Gasteiger partial charge in [-0.2, -0.15) is 12.7 Å². The highest BCUT2D eigenvalue weighted by Crippen LogP contribution is 2.47. The van der Waals surface area contributed by atoms with Crippen molar-refractivity contribution in [3.8, 4) is 17.0 Å². The highest BCUT2D eigenvalue weighted by Gasteiger charge is 2.36. The van der Waals surface area contributed by atoms with Crippen molar-refractivity contribution in [1.29, 1.82) is 0 Å². The molecule has 0 bridgehead atoms. The third kappa shape index (κ3) is 6.96. The van der Waals surface area contributed by atoms with Crippen LogP contribution in [0.2, 0.25) is 0 Å². The van der Waals surface area contributed by atoms with Gasteiger partial charge in [-0.3, -0.25) is 9.69 Å². The summed E-state index contributed by atoms with van der Waals surface area (Å²) < 4.78 is 64.3. The molecule has 3 aromatic rings. The number of nitrogens with zero attached hydrogens (tertiary/aromatic N) is 4. The van der Waals surface area contributed by atoms with E-state index in [2.05, 4.69) is 26.1 Å². The fourth-order valence-electron chi connectivity index (χ4n) is 7.41. The van der Waals surface area contributed by atoms with Crippen molar-refractivity contribution in [1.82, 2.24) is 23.4 Å². The maximum atomic E-state index is 14.2. The van der Waals surface area contributed by atoms with Gasteiger partial charge >= 0.3 is 10.2 Å². The van der Waals surface area contributed by atoms with E-state index in [0.717, 1.165) is 83.9 Å². The number of methoxy groups -OCH3 is 1. The molecule has 1 aliphatic carbocycles. The second-order valence-electron chi connectivity index (χ2n) is 13.5. The summed E-state index contributed by atoms with van der Waals surface area (Å²) in [5.41, 5.74) is 5.06. The van der Waals surface area contributed by atoms with Crippen LogP contribution < -0.4 is 9.46 Å². The van der Waals surface area contributed by atoms with Gasteiger partial charge in [0.2, 0.25) is 0 Å². The van der Waals surface area contributed by atoms with Crippen molar-refractivity contribution >= 4 is 36.9 Å². The molecule has 2 aliphatic heterocycles. The maximum Gasteiger partial charge on any atom is 0.303 e. The zero-order valence-electron chi connectivity index (χ0n) is 27.9. The normalized spacial score (nSPS) is 20.1. The molecule has 11 nitrogen and oxygen atoms in total. The van der Waals surface area contributed by atoms with Crippen LogP contribution in [0.5, 0.6) is 5.75 Å². The zero-order valence-corrected chi connectivity index (χ0v) is 29.5. The fraction of sp³-hybridized carbons (Fsp3) is 0.559. The van der Waals surface area contributed by atoms with E-state index in [9.17, 15) is 21.6 Å². The van der Waals surface area contributed by atoms with Crippen molar-refractivity contribution in [2.24, 2.45) is 0 Å². The molecule has 1 saturated carbocycles. The van der Waals surface area contributed by atoms with Crippen LogP contribution in [0.25, 0.3) is 22.2 Å². The SMILES string of the molecule is COc1ccc2c(c1)CC(S(=O)(=O)CCN1CCN(C)CC1)Cn1c-2c(C2CCCCC2)c2ccc(C(=O)NS(=O)(=O)N(C)C)cc21. The predicted octanol–water partition coefficient (Wildman–Crippen LogP) is 3.49. The smallest absolute Gasteiger partial charge is 0.303 e. The highest BCUT2D eigenvalue weighted by atomic mass is 32.2. The first-order chi connectivity index (χ1) is 22.4. The maximum absolute atomic E-state index is 14.2. The minimum absolute atomic E-state index is 0.0702. The highest BCUT2D eigenvalue weighted by molar-refractivity contribution is 7.92. The number of piperazine rings is 1. The Morgan fingerprint density at radius 3 is 2.38 bits per heavy atom. The largest absolute Gasteiger partial charge is 0.497 e. The second-order valence-corrected chi connectivity index (χ2v) is 17.8. The molecule has 1 N–H and O–H groups in total. The molecule has 256 valence electrons.